The number of nitrogens with zero attached hydrogens (tertiary/aromatic N) is 1. The molecule has 1 saturated heterocycles. The maximum Gasteiger partial charge on any atom is 1.00 e. The van der Waals surface area contributed by atoms with Crippen LogP contribution in [0.5, 0.6) is 0 Å². The molecule has 3 rings (SSSR count). The molecule has 1 unspecified atom stereocenters. The van der Waals surface area contributed by atoms with Gasteiger partial charge >= 0.3 is 29.6 Å². The first kappa shape index (κ1) is 22.3. The maximum absolute atomic E-state index is 12.7. The van der Waals surface area contributed by atoms with Gasteiger partial charge in [-0.25, -0.2) is 0 Å². The molecule has 1 heterocycles. The number of rotatable bonds is 7. The Bertz CT molecular complexity index is 654. The van der Waals surface area contributed by atoms with E-state index in [9.17, 15) is 9.46 Å². The van der Waals surface area contributed by atoms with Gasteiger partial charge in [-0.15, -0.1) is 0 Å². The van der Waals surface area contributed by atoms with Gasteiger partial charge in [0.25, 0.3) is 0 Å². The monoisotopic (exact) mass is 397 g/mol. The van der Waals surface area contributed by atoms with E-state index < -0.39 is 15.3 Å². The number of hydrogen-bond acceptors (Lipinski definition) is 3. The summed E-state index contributed by atoms with van der Waals surface area (Å²) in [5, 5.41) is 2.50. The summed E-state index contributed by atoms with van der Waals surface area (Å²) in [5.41, 5.74) is 0. The molecule has 0 spiro atoms. The Labute approximate surface area is 180 Å². The minimum Gasteiger partial charge on any atom is -0.798 e. The van der Waals surface area contributed by atoms with Crippen LogP contribution in [0.15, 0.2) is 60.7 Å². The van der Waals surface area contributed by atoms with E-state index in [4.69, 9.17) is 0 Å². The SMILES string of the molecule is O=P([O-])(CCP(c1ccccc1)c1ccccc1)CN1CCCCC1.[Na+]. The molecule has 1 fully saturated rings. The van der Waals surface area contributed by atoms with Crippen molar-refractivity contribution >= 4 is 25.9 Å². The molecular weight excluding hydrogens is 371 g/mol. The Morgan fingerprint density at radius 3 is 1.88 bits per heavy atom. The predicted molar refractivity (Wildman–Crippen MR) is 107 cm³/mol. The molecule has 2 aromatic rings. The molecule has 0 aromatic heterocycles. The van der Waals surface area contributed by atoms with E-state index >= 15 is 0 Å². The van der Waals surface area contributed by atoms with Crippen molar-refractivity contribution in [2.45, 2.75) is 19.3 Å². The molecule has 1 aliphatic rings. The number of hydrogen-bond donors (Lipinski definition) is 0. The van der Waals surface area contributed by atoms with Crippen molar-refractivity contribution < 1.29 is 39.0 Å². The van der Waals surface area contributed by atoms with Crippen molar-refractivity contribution in [2.75, 3.05) is 31.7 Å². The third-order valence-corrected chi connectivity index (χ3v) is 9.27. The fourth-order valence-corrected chi connectivity index (χ4v) is 8.28. The van der Waals surface area contributed by atoms with Gasteiger partial charge in [-0.05, 0) is 56.8 Å². The molecule has 0 saturated carbocycles. The van der Waals surface area contributed by atoms with Gasteiger partial charge in [0.1, 0.15) is 0 Å². The van der Waals surface area contributed by atoms with Gasteiger partial charge in [-0.2, -0.15) is 0 Å². The Hall–Kier alpha value is 0.0200. The molecule has 0 aliphatic carbocycles. The number of likely N-dealkylation sites (tertiary alicyclic amines) is 1. The van der Waals surface area contributed by atoms with Crippen molar-refractivity contribution in [2.24, 2.45) is 0 Å². The zero-order valence-corrected chi connectivity index (χ0v) is 19.4. The van der Waals surface area contributed by atoms with Crippen LogP contribution in [0.4, 0.5) is 0 Å². The van der Waals surface area contributed by atoms with Crippen LogP contribution in [-0.2, 0) is 4.57 Å². The van der Waals surface area contributed by atoms with Gasteiger partial charge in [-0.3, -0.25) is 4.90 Å². The molecule has 26 heavy (non-hydrogen) atoms. The molecule has 134 valence electrons. The topological polar surface area (TPSA) is 43.4 Å². The normalized spacial score (nSPS) is 17.5. The molecule has 0 N–H and O–H groups in total. The largest absolute Gasteiger partial charge is 1.00 e. The minimum absolute atomic E-state index is 0. The van der Waals surface area contributed by atoms with E-state index in [1.807, 2.05) is 36.4 Å². The first-order valence-electron chi connectivity index (χ1n) is 9.03. The molecule has 1 aliphatic heterocycles. The van der Waals surface area contributed by atoms with E-state index in [-0.39, 0.29) is 35.8 Å². The summed E-state index contributed by atoms with van der Waals surface area (Å²) in [7, 11) is -3.99. The second-order valence-electron chi connectivity index (χ2n) is 6.68. The van der Waals surface area contributed by atoms with Crippen LogP contribution >= 0.6 is 15.3 Å². The molecule has 0 amide bonds. The first-order chi connectivity index (χ1) is 12.1. The summed E-state index contributed by atoms with van der Waals surface area (Å²) in [6, 6.07) is 20.7. The van der Waals surface area contributed by atoms with E-state index in [0.29, 0.717) is 12.3 Å². The summed E-state index contributed by atoms with van der Waals surface area (Å²) in [6.45, 7) is 1.86. The standard InChI is InChI=1S/C20H27NO2P2.Na/c22-25(23,18-21-14-8-3-9-15-21)17-16-24(19-10-4-1-5-11-19)20-12-6-2-7-13-20;/h1-2,4-7,10-13H,3,8-9,14-18H2,(H,22,23);/q;+1/p-1. The van der Waals surface area contributed by atoms with Crippen LogP contribution in [0.3, 0.4) is 0 Å². The third kappa shape index (κ3) is 6.88. The molecule has 0 radical (unpaired) electrons. The second kappa shape index (κ2) is 11.1. The van der Waals surface area contributed by atoms with Crippen LogP contribution in [-0.4, -0.2) is 36.6 Å². The van der Waals surface area contributed by atoms with Crippen molar-refractivity contribution in [3.05, 3.63) is 60.7 Å². The molecule has 3 nitrogen and oxygen atoms in total. The van der Waals surface area contributed by atoms with E-state index in [0.717, 1.165) is 25.9 Å². The summed E-state index contributed by atoms with van der Waals surface area (Å²) in [6.07, 6.45) is 4.73. The van der Waals surface area contributed by atoms with Gasteiger partial charge in [0.2, 0.25) is 0 Å². The van der Waals surface area contributed by atoms with Gasteiger partial charge in [0, 0.05) is 13.7 Å². The Morgan fingerprint density at radius 1 is 0.885 bits per heavy atom. The Balaban J connectivity index is 0.00000243. The van der Waals surface area contributed by atoms with Crippen LogP contribution < -0.4 is 45.1 Å². The fraction of sp³-hybridized carbons (Fsp3) is 0.400. The summed E-state index contributed by atoms with van der Waals surface area (Å²) < 4.78 is 12.7. The zero-order valence-electron chi connectivity index (χ0n) is 15.6. The van der Waals surface area contributed by atoms with Crippen LogP contribution in [0.2, 0.25) is 0 Å². The second-order valence-corrected chi connectivity index (χ2v) is 11.4. The number of benzene rings is 2. The van der Waals surface area contributed by atoms with Crippen molar-refractivity contribution in [1.82, 2.24) is 4.90 Å². The van der Waals surface area contributed by atoms with E-state index in [2.05, 4.69) is 29.2 Å². The van der Waals surface area contributed by atoms with Crippen molar-refractivity contribution in [1.29, 1.82) is 0 Å². The third-order valence-electron chi connectivity index (χ3n) is 4.66. The van der Waals surface area contributed by atoms with Crippen LogP contribution in [0.25, 0.3) is 0 Å². The minimum atomic E-state index is -3.36. The smallest absolute Gasteiger partial charge is 0.798 e. The Morgan fingerprint density at radius 2 is 1.38 bits per heavy atom. The molecule has 1 atom stereocenters. The molecule has 2 aromatic carbocycles. The summed E-state index contributed by atoms with van der Waals surface area (Å²) >= 11 is 0. The van der Waals surface area contributed by atoms with Crippen molar-refractivity contribution in [3.63, 3.8) is 0 Å². The van der Waals surface area contributed by atoms with Crippen LogP contribution in [0.1, 0.15) is 19.3 Å². The average Bonchev–Trinajstić information content (AvgIpc) is 2.64. The van der Waals surface area contributed by atoms with Crippen molar-refractivity contribution in [3.8, 4) is 0 Å². The number of piperidine rings is 1. The van der Waals surface area contributed by atoms with Gasteiger partial charge in [0.15, 0.2) is 0 Å². The van der Waals surface area contributed by atoms with E-state index in [1.165, 1.54) is 17.0 Å². The predicted octanol–water partition coefficient (Wildman–Crippen LogP) is 0.205. The molecular formula is C20H26NNaO2P2. The summed E-state index contributed by atoms with van der Waals surface area (Å²) in [4.78, 5) is 14.8. The first-order valence-corrected chi connectivity index (χ1v) is 12.6. The molecule has 6 heteroatoms. The van der Waals surface area contributed by atoms with E-state index in [1.54, 1.807) is 0 Å². The Kier molecular flexibility index (Phi) is 9.55. The fourth-order valence-electron chi connectivity index (χ4n) is 3.35. The zero-order chi connectivity index (χ0) is 17.5. The van der Waals surface area contributed by atoms with Crippen LogP contribution in [0, 0.1) is 0 Å². The molecule has 0 bridgehead atoms. The van der Waals surface area contributed by atoms with Gasteiger partial charge in [0.05, 0.1) is 0 Å². The summed E-state index contributed by atoms with van der Waals surface area (Å²) in [5.74, 6) is 0. The maximum atomic E-state index is 12.7. The quantitative estimate of drug-likeness (QED) is 0.496. The van der Waals surface area contributed by atoms with Gasteiger partial charge in [-0.1, -0.05) is 67.1 Å². The van der Waals surface area contributed by atoms with Gasteiger partial charge < -0.3 is 9.46 Å². The average molecular weight is 397 g/mol.